The Labute approximate surface area is 215 Å². The molecule has 2 N–H and O–H groups in total. The number of benzene rings is 1. The molecular formula is C27H29Cl2N3O3. The molecule has 184 valence electrons. The topological polar surface area (TPSA) is 75.9 Å². The molecule has 8 heteroatoms. The van der Waals surface area contributed by atoms with Gasteiger partial charge in [-0.15, -0.1) is 0 Å². The highest BCUT2D eigenvalue weighted by atomic mass is 35.5. The lowest BCUT2D eigenvalue weighted by molar-refractivity contribution is 0.0930. The number of carbonyl (C=O) groups is 1. The average Bonchev–Trinajstić information content (AvgIpc) is 3.26. The van der Waals surface area contributed by atoms with Crippen LogP contribution >= 0.6 is 23.2 Å². The molecule has 1 amide bonds. The van der Waals surface area contributed by atoms with E-state index in [1.165, 1.54) is 0 Å². The molecule has 2 heterocycles. The number of fused-ring (bicyclic) bond motifs is 1. The number of nitrogens with one attached hydrogen (secondary N) is 1. The number of aliphatic hydroxyl groups excluding tert-OH is 1. The molecule has 0 radical (unpaired) electrons. The molecule has 0 fully saturated rings. The number of carbonyl (C=O) groups excluding carboxylic acids is 1. The molecule has 0 aliphatic heterocycles. The molecule has 3 aromatic rings. The van der Waals surface area contributed by atoms with Crippen LogP contribution in [-0.2, 0) is 0 Å². The Morgan fingerprint density at radius 2 is 2.11 bits per heavy atom. The third kappa shape index (κ3) is 6.26. The van der Waals surface area contributed by atoms with Crippen LogP contribution in [0.4, 0.5) is 0 Å². The monoisotopic (exact) mass is 513 g/mol. The molecule has 2 aromatic heterocycles. The van der Waals surface area contributed by atoms with Crippen molar-refractivity contribution in [2.24, 2.45) is 0 Å². The number of hydrogen-bond donors (Lipinski definition) is 2. The normalized spacial score (nSPS) is 16.4. The summed E-state index contributed by atoms with van der Waals surface area (Å²) < 4.78 is 7.58. The van der Waals surface area contributed by atoms with E-state index in [1.807, 2.05) is 42.8 Å². The summed E-state index contributed by atoms with van der Waals surface area (Å²) in [6, 6.07) is 8.53. The summed E-state index contributed by atoms with van der Waals surface area (Å²) in [5, 5.41) is 13.6. The van der Waals surface area contributed by atoms with Crippen molar-refractivity contribution in [3.8, 4) is 5.75 Å². The molecule has 1 aliphatic rings. The Morgan fingerprint density at radius 1 is 1.29 bits per heavy atom. The number of imidazole rings is 1. The highest BCUT2D eigenvalue weighted by molar-refractivity contribution is 6.33. The molecule has 1 unspecified atom stereocenters. The Bertz CT molecular complexity index is 1270. The van der Waals surface area contributed by atoms with E-state index in [-0.39, 0.29) is 30.6 Å². The number of halogens is 2. The first-order valence-electron chi connectivity index (χ1n) is 11.7. The maximum atomic E-state index is 12.9. The standard InChI is InChI=1S/C27H29Cl2N3O3/c1-17(2)35-25-10-9-20(15-23(25)29)27(34)30-21(11-13-33)14-18-5-7-19(8-6-18)24-16-32-12-3-4-22(28)26(32)31-24/h3-7,9-10,12,15-17,19,21,33H,8,11,13-14H2,1-2H3,(H,30,34)/t19?,21-/m1/s1. The molecule has 0 bridgehead atoms. The minimum Gasteiger partial charge on any atom is -0.489 e. The second-order valence-electron chi connectivity index (χ2n) is 8.93. The third-order valence-electron chi connectivity index (χ3n) is 5.86. The van der Waals surface area contributed by atoms with Gasteiger partial charge in [0.25, 0.3) is 5.91 Å². The molecule has 2 atom stereocenters. The van der Waals surface area contributed by atoms with Gasteiger partial charge in [-0.3, -0.25) is 4.79 Å². The van der Waals surface area contributed by atoms with Crippen LogP contribution < -0.4 is 10.1 Å². The fourth-order valence-corrected chi connectivity index (χ4v) is 4.58. The second-order valence-corrected chi connectivity index (χ2v) is 9.75. The maximum absolute atomic E-state index is 12.9. The highest BCUT2D eigenvalue weighted by Gasteiger charge is 2.19. The van der Waals surface area contributed by atoms with Crippen LogP contribution in [0.15, 0.2) is 66.5 Å². The first-order chi connectivity index (χ1) is 16.8. The van der Waals surface area contributed by atoms with Gasteiger partial charge in [0.2, 0.25) is 0 Å². The molecule has 1 aromatic carbocycles. The molecular weight excluding hydrogens is 485 g/mol. The number of pyridine rings is 1. The van der Waals surface area contributed by atoms with E-state index in [0.29, 0.717) is 34.2 Å². The van der Waals surface area contributed by atoms with E-state index in [2.05, 4.69) is 23.5 Å². The van der Waals surface area contributed by atoms with Gasteiger partial charge >= 0.3 is 0 Å². The molecule has 35 heavy (non-hydrogen) atoms. The number of allylic oxidation sites excluding steroid dienone is 3. The van der Waals surface area contributed by atoms with E-state index >= 15 is 0 Å². The number of hydrogen-bond acceptors (Lipinski definition) is 4. The predicted molar refractivity (Wildman–Crippen MR) is 140 cm³/mol. The summed E-state index contributed by atoms with van der Waals surface area (Å²) in [7, 11) is 0. The van der Waals surface area contributed by atoms with Gasteiger partial charge in [-0.25, -0.2) is 4.98 Å². The molecule has 0 spiro atoms. The molecule has 0 saturated heterocycles. The molecule has 4 rings (SSSR count). The lowest BCUT2D eigenvalue weighted by Crippen LogP contribution is -2.36. The van der Waals surface area contributed by atoms with Crippen LogP contribution in [0, 0.1) is 0 Å². The van der Waals surface area contributed by atoms with Crippen LogP contribution in [0.5, 0.6) is 5.75 Å². The number of ether oxygens (including phenoxy) is 1. The van der Waals surface area contributed by atoms with E-state index in [1.54, 1.807) is 18.2 Å². The largest absolute Gasteiger partial charge is 0.489 e. The van der Waals surface area contributed by atoms with Gasteiger partial charge in [-0.05, 0) is 63.4 Å². The van der Waals surface area contributed by atoms with E-state index in [0.717, 1.165) is 23.3 Å². The van der Waals surface area contributed by atoms with Crippen molar-refractivity contribution in [3.63, 3.8) is 0 Å². The number of rotatable bonds is 9. The van der Waals surface area contributed by atoms with Gasteiger partial charge in [0.15, 0.2) is 5.65 Å². The summed E-state index contributed by atoms with van der Waals surface area (Å²) in [6.07, 6.45) is 12.2. The van der Waals surface area contributed by atoms with Gasteiger partial charge in [-0.2, -0.15) is 0 Å². The summed E-state index contributed by atoms with van der Waals surface area (Å²) in [5.41, 5.74) is 3.28. The Balaban J connectivity index is 1.39. The van der Waals surface area contributed by atoms with Gasteiger partial charge in [0, 0.05) is 36.5 Å². The van der Waals surface area contributed by atoms with Crippen molar-refractivity contribution in [2.45, 2.75) is 51.2 Å². The smallest absolute Gasteiger partial charge is 0.251 e. The van der Waals surface area contributed by atoms with Crippen LogP contribution in [0.3, 0.4) is 0 Å². The van der Waals surface area contributed by atoms with Crippen LogP contribution in [0.1, 0.15) is 55.1 Å². The van der Waals surface area contributed by atoms with Crippen molar-refractivity contribution in [3.05, 3.63) is 87.8 Å². The Hall–Kier alpha value is -2.80. The Kier molecular flexibility index (Phi) is 8.16. The van der Waals surface area contributed by atoms with Crippen LogP contribution in [-0.4, -0.2) is 39.2 Å². The van der Waals surface area contributed by atoms with Crippen LogP contribution in [0.25, 0.3) is 5.65 Å². The number of amides is 1. The van der Waals surface area contributed by atoms with Gasteiger partial charge in [0.1, 0.15) is 5.75 Å². The summed E-state index contributed by atoms with van der Waals surface area (Å²) >= 11 is 12.6. The summed E-state index contributed by atoms with van der Waals surface area (Å²) in [4.78, 5) is 17.6. The summed E-state index contributed by atoms with van der Waals surface area (Å²) in [5.74, 6) is 0.473. The van der Waals surface area contributed by atoms with Crippen molar-refractivity contribution >= 4 is 34.8 Å². The first kappa shape index (κ1) is 25.3. The zero-order valence-electron chi connectivity index (χ0n) is 19.7. The third-order valence-corrected chi connectivity index (χ3v) is 6.45. The quantitative estimate of drug-likeness (QED) is 0.369. The Morgan fingerprint density at radius 3 is 2.77 bits per heavy atom. The molecule has 6 nitrogen and oxygen atoms in total. The zero-order valence-corrected chi connectivity index (χ0v) is 21.3. The zero-order chi connectivity index (χ0) is 24.9. The van der Waals surface area contributed by atoms with E-state index in [9.17, 15) is 9.90 Å². The minimum atomic E-state index is -0.235. The van der Waals surface area contributed by atoms with Crippen molar-refractivity contribution in [2.75, 3.05) is 6.61 Å². The maximum Gasteiger partial charge on any atom is 0.251 e. The number of nitrogens with zero attached hydrogens (tertiary/aromatic N) is 2. The predicted octanol–water partition coefficient (Wildman–Crippen LogP) is 5.97. The van der Waals surface area contributed by atoms with Crippen molar-refractivity contribution < 1.29 is 14.6 Å². The lowest BCUT2D eigenvalue weighted by atomic mass is 9.91. The first-order valence-corrected chi connectivity index (χ1v) is 12.5. The van der Waals surface area contributed by atoms with E-state index in [4.69, 9.17) is 32.9 Å². The van der Waals surface area contributed by atoms with Crippen molar-refractivity contribution in [1.29, 1.82) is 0 Å². The number of aliphatic hydroxyl groups is 1. The van der Waals surface area contributed by atoms with Gasteiger partial charge in [0.05, 0.1) is 21.8 Å². The van der Waals surface area contributed by atoms with E-state index < -0.39 is 0 Å². The molecule has 0 saturated carbocycles. The van der Waals surface area contributed by atoms with Gasteiger partial charge < -0.3 is 19.6 Å². The lowest BCUT2D eigenvalue weighted by Gasteiger charge is -2.21. The highest BCUT2D eigenvalue weighted by Crippen LogP contribution is 2.30. The fourth-order valence-electron chi connectivity index (χ4n) is 4.14. The van der Waals surface area contributed by atoms with Crippen molar-refractivity contribution in [1.82, 2.24) is 14.7 Å². The fraction of sp³-hybridized carbons (Fsp3) is 0.333. The molecule has 1 aliphatic carbocycles. The summed E-state index contributed by atoms with van der Waals surface area (Å²) in [6.45, 7) is 3.81. The second kappa shape index (κ2) is 11.3. The van der Waals surface area contributed by atoms with Crippen LogP contribution in [0.2, 0.25) is 10.0 Å². The minimum absolute atomic E-state index is 0.0111. The number of aromatic nitrogens is 2. The average molecular weight is 514 g/mol. The van der Waals surface area contributed by atoms with Gasteiger partial charge in [-0.1, -0.05) is 47.0 Å². The SMILES string of the molecule is CC(C)Oc1ccc(C(=O)N[C@H](CCO)CC2=CCC(c3cn4cccc(Cl)c4n3)C=C2)cc1Cl.